The Morgan fingerprint density at radius 3 is 2.67 bits per heavy atom. The smallest absolute Gasteiger partial charge is 0.270 e. The minimum absolute atomic E-state index is 0.179. The van der Waals surface area contributed by atoms with Crippen molar-refractivity contribution in [2.45, 2.75) is 13.5 Å². The molecule has 2 aromatic heterocycles. The maximum absolute atomic E-state index is 12.1. The number of aromatic nitrogens is 2. The molecule has 21 heavy (non-hydrogen) atoms. The van der Waals surface area contributed by atoms with Crippen molar-refractivity contribution in [1.29, 1.82) is 0 Å². The van der Waals surface area contributed by atoms with Crippen LogP contribution in [0.2, 0.25) is 0 Å². The van der Waals surface area contributed by atoms with Crippen LogP contribution in [0.15, 0.2) is 54.7 Å². The average Bonchev–Trinajstić information content (AvgIpc) is 2.53. The van der Waals surface area contributed by atoms with Crippen LogP contribution in [0.4, 0.5) is 0 Å². The van der Waals surface area contributed by atoms with Crippen LogP contribution in [0.5, 0.6) is 0 Å². The first-order chi connectivity index (χ1) is 10.2. The quantitative estimate of drug-likeness (QED) is 0.801. The van der Waals surface area contributed by atoms with Crippen molar-refractivity contribution in [3.63, 3.8) is 0 Å². The van der Waals surface area contributed by atoms with Crippen LogP contribution in [-0.2, 0) is 6.54 Å². The maximum atomic E-state index is 12.1. The van der Waals surface area contributed by atoms with Gasteiger partial charge in [-0.3, -0.25) is 9.78 Å². The lowest BCUT2D eigenvalue weighted by atomic mass is 10.1. The molecule has 0 aliphatic rings. The molecule has 0 unspecified atom stereocenters. The number of amides is 1. The van der Waals surface area contributed by atoms with Gasteiger partial charge in [0.1, 0.15) is 5.69 Å². The Hall–Kier alpha value is -2.75. The highest BCUT2D eigenvalue weighted by Crippen LogP contribution is 2.09. The van der Waals surface area contributed by atoms with Gasteiger partial charge in [0.25, 0.3) is 5.91 Å². The standard InChI is InChI=1S/C17H15N3O/c1-12-4-6-13(7-5-12)11-19-17(21)16-9-8-14-15(20-16)3-2-10-18-14/h2-10H,11H2,1H3,(H,19,21). The number of aryl methyl sites for hydroxylation is 1. The van der Waals surface area contributed by atoms with Gasteiger partial charge < -0.3 is 5.32 Å². The van der Waals surface area contributed by atoms with Gasteiger partial charge in [0.2, 0.25) is 0 Å². The van der Waals surface area contributed by atoms with Crippen LogP contribution in [0.1, 0.15) is 21.6 Å². The SMILES string of the molecule is Cc1ccc(CNC(=O)c2ccc3ncccc3n2)cc1. The lowest BCUT2D eigenvalue weighted by Gasteiger charge is -2.06. The van der Waals surface area contributed by atoms with Gasteiger partial charge in [-0.25, -0.2) is 4.98 Å². The molecule has 1 aromatic carbocycles. The highest BCUT2D eigenvalue weighted by atomic mass is 16.1. The summed E-state index contributed by atoms with van der Waals surface area (Å²) in [7, 11) is 0. The Balaban J connectivity index is 1.73. The number of nitrogens with one attached hydrogen (secondary N) is 1. The van der Waals surface area contributed by atoms with Gasteiger partial charge in [-0.05, 0) is 36.8 Å². The molecular weight excluding hydrogens is 262 g/mol. The number of benzene rings is 1. The summed E-state index contributed by atoms with van der Waals surface area (Å²) >= 11 is 0. The van der Waals surface area contributed by atoms with E-state index in [1.54, 1.807) is 12.3 Å². The summed E-state index contributed by atoms with van der Waals surface area (Å²) in [5, 5.41) is 2.88. The number of rotatable bonds is 3. The minimum atomic E-state index is -0.179. The number of hydrogen-bond donors (Lipinski definition) is 1. The summed E-state index contributed by atoms with van der Waals surface area (Å²) in [5.41, 5.74) is 4.18. The van der Waals surface area contributed by atoms with Crippen molar-refractivity contribution in [3.05, 3.63) is 71.5 Å². The highest BCUT2D eigenvalue weighted by molar-refractivity contribution is 5.94. The first kappa shape index (κ1) is 13.2. The van der Waals surface area contributed by atoms with Crippen molar-refractivity contribution < 1.29 is 4.79 Å². The zero-order valence-corrected chi connectivity index (χ0v) is 11.7. The van der Waals surface area contributed by atoms with E-state index in [1.807, 2.05) is 49.4 Å². The van der Waals surface area contributed by atoms with Crippen molar-refractivity contribution in [2.24, 2.45) is 0 Å². The Labute approximate surface area is 122 Å². The first-order valence-corrected chi connectivity index (χ1v) is 6.78. The highest BCUT2D eigenvalue weighted by Gasteiger charge is 2.08. The maximum Gasteiger partial charge on any atom is 0.270 e. The van der Waals surface area contributed by atoms with Crippen molar-refractivity contribution in [1.82, 2.24) is 15.3 Å². The molecule has 104 valence electrons. The van der Waals surface area contributed by atoms with E-state index < -0.39 is 0 Å². The summed E-state index contributed by atoms with van der Waals surface area (Å²) in [6, 6.07) is 15.2. The fourth-order valence-corrected chi connectivity index (χ4v) is 2.06. The molecule has 0 spiro atoms. The third-order valence-electron chi connectivity index (χ3n) is 3.26. The molecule has 1 N–H and O–H groups in total. The second-order valence-corrected chi connectivity index (χ2v) is 4.91. The van der Waals surface area contributed by atoms with Gasteiger partial charge in [-0.15, -0.1) is 0 Å². The first-order valence-electron chi connectivity index (χ1n) is 6.78. The zero-order chi connectivity index (χ0) is 14.7. The van der Waals surface area contributed by atoms with Gasteiger partial charge in [0, 0.05) is 12.7 Å². The van der Waals surface area contributed by atoms with Crippen molar-refractivity contribution in [3.8, 4) is 0 Å². The van der Waals surface area contributed by atoms with E-state index >= 15 is 0 Å². The van der Waals surface area contributed by atoms with Gasteiger partial charge in [0.15, 0.2) is 0 Å². The Kier molecular flexibility index (Phi) is 3.60. The predicted octanol–water partition coefficient (Wildman–Crippen LogP) is 2.87. The van der Waals surface area contributed by atoms with Gasteiger partial charge >= 0.3 is 0 Å². The second-order valence-electron chi connectivity index (χ2n) is 4.91. The van der Waals surface area contributed by atoms with Crippen LogP contribution in [0.3, 0.4) is 0 Å². The van der Waals surface area contributed by atoms with Gasteiger partial charge in [0.05, 0.1) is 11.0 Å². The van der Waals surface area contributed by atoms with Crippen LogP contribution in [0, 0.1) is 6.92 Å². The molecule has 3 rings (SSSR count). The van der Waals surface area contributed by atoms with Gasteiger partial charge in [-0.1, -0.05) is 29.8 Å². The monoisotopic (exact) mass is 277 g/mol. The van der Waals surface area contributed by atoms with E-state index in [0.717, 1.165) is 16.6 Å². The number of carbonyl (C=O) groups excluding carboxylic acids is 1. The number of nitrogens with zero attached hydrogens (tertiary/aromatic N) is 2. The molecular formula is C17H15N3O. The summed E-state index contributed by atoms with van der Waals surface area (Å²) in [6.45, 7) is 2.53. The summed E-state index contributed by atoms with van der Waals surface area (Å²) in [5.74, 6) is -0.179. The molecule has 4 nitrogen and oxygen atoms in total. The second kappa shape index (κ2) is 5.71. The van der Waals surface area contributed by atoms with E-state index in [2.05, 4.69) is 15.3 Å². The third-order valence-corrected chi connectivity index (χ3v) is 3.26. The Bertz CT molecular complexity index is 781. The normalized spacial score (nSPS) is 10.5. The van der Waals surface area contributed by atoms with E-state index in [1.165, 1.54) is 5.56 Å². The van der Waals surface area contributed by atoms with E-state index in [-0.39, 0.29) is 5.91 Å². The number of carbonyl (C=O) groups is 1. The van der Waals surface area contributed by atoms with E-state index in [4.69, 9.17) is 0 Å². The van der Waals surface area contributed by atoms with Crippen molar-refractivity contribution >= 4 is 16.9 Å². The Morgan fingerprint density at radius 1 is 1.05 bits per heavy atom. The van der Waals surface area contributed by atoms with Crippen LogP contribution < -0.4 is 5.32 Å². The summed E-state index contributed by atoms with van der Waals surface area (Å²) < 4.78 is 0. The molecule has 1 amide bonds. The number of fused-ring (bicyclic) bond motifs is 1. The molecule has 0 aliphatic carbocycles. The number of pyridine rings is 2. The Morgan fingerprint density at radius 2 is 1.86 bits per heavy atom. The molecule has 0 fully saturated rings. The minimum Gasteiger partial charge on any atom is -0.347 e. The lowest BCUT2D eigenvalue weighted by Crippen LogP contribution is -2.23. The summed E-state index contributed by atoms with van der Waals surface area (Å²) in [6.07, 6.45) is 1.71. The van der Waals surface area contributed by atoms with E-state index in [9.17, 15) is 4.79 Å². The van der Waals surface area contributed by atoms with E-state index in [0.29, 0.717) is 12.2 Å². The molecule has 0 aliphatic heterocycles. The molecule has 0 saturated carbocycles. The topological polar surface area (TPSA) is 54.9 Å². The zero-order valence-electron chi connectivity index (χ0n) is 11.7. The van der Waals surface area contributed by atoms with Crippen LogP contribution in [0.25, 0.3) is 11.0 Å². The fourth-order valence-electron chi connectivity index (χ4n) is 2.06. The molecule has 0 saturated heterocycles. The molecule has 2 heterocycles. The molecule has 0 atom stereocenters. The predicted molar refractivity (Wildman–Crippen MR) is 81.9 cm³/mol. The summed E-state index contributed by atoms with van der Waals surface area (Å²) in [4.78, 5) is 20.7. The fraction of sp³-hybridized carbons (Fsp3) is 0.118. The number of hydrogen-bond acceptors (Lipinski definition) is 3. The molecule has 0 radical (unpaired) electrons. The molecule has 4 heteroatoms. The average molecular weight is 277 g/mol. The van der Waals surface area contributed by atoms with Crippen LogP contribution in [-0.4, -0.2) is 15.9 Å². The molecule has 0 bridgehead atoms. The third kappa shape index (κ3) is 3.05. The van der Waals surface area contributed by atoms with Gasteiger partial charge in [-0.2, -0.15) is 0 Å². The molecule has 3 aromatic rings. The largest absolute Gasteiger partial charge is 0.347 e. The van der Waals surface area contributed by atoms with Crippen LogP contribution >= 0.6 is 0 Å². The van der Waals surface area contributed by atoms with Crippen molar-refractivity contribution in [2.75, 3.05) is 0 Å². The lowest BCUT2D eigenvalue weighted by molar-refractivity contribution is 0.0946.